The van der Waals surface area contributed by atoms with E-state index in [1.165, 1.54) is 5.56 Å². The van der Waals surface area contributed by atoms with Gasteiger partial charge in [0.2, 0.25) is 0 Å². The number of aromatic amines is 1. The second kappa shape index (κ2) is 5.90. The molecule has 1 heterocycles. The lowest BCUT2D eigenvalue weighted by Gasteiger charge is -2.05. The van der Waals surface area contributed by atoms with E-state index in [9.17, 15) is 4.79 Å². The highest BCUT2D eigenvalue weighted by Gasteiger charge is 2.16. The van der Waals surface area contributed by atoms with Gasteiger partial charge in [0.15, 0.2) is 5.69 Å². The highest BCUT2D eigenvalue weighted by Crippen LogP contribution is 2.22. The lowest BCUT2D eigenvalue weighted by atomic mass is 10.0. The Labute approximate surface area is 119 Å². The van der Waals surface area contributed by atoms with Crippen molar-refractivity contribution in [3.05, 3.63) is 41.2 Å². The molecule has 0 aliphatic heterocycles. The van der Waals surface area contributed by atoms with Gasteiger partial charge in [-0.2, -0.15) is 0 Å². The third kappa shape index (κ3) is 2.90. The van der Waals surface area contributed by atoms with Gasteiger partial charge in [0.1, 0.15) is 5.82 Å². The topological polar surface area (TPSA) is 55.0 Å². The van der Waals surface area contributed by atoms with Gasteiger partial charge in [0.05, 0.1) is 6.61 Å². The highest BCUT2D eigenvalue weighted by molar-refractivity contribution is 5.89. The van der Waals surface area contributed by atoms with Crippen molar-refractivity contribution in [2.75, 3.05) is 6.61 Å². The first kappa shape index (κ1) is 14.3. The summed E-state index contributed by atoms with van der Waals surface area (Å²) in [6, 6.07) is 8.20. The zero-order valence-corrected chi connectivity index (χ0v) is 12.4. The Balaban J connectivity index is 2.29. The Bertz CT molecular complexity index is 597. The number of aryl methyl sites for hydroxylation is 1. The van der Waals surface area contributed by atoms with Crippen LogP contribution in [-0.4, -0.2) is 22.5 Å². The van der Waals surface area contributed by atoms with Gasteiger partial charge in [-0.3, -0.25) is 0 Å². The molecule has 1 aromatic heterocycles. The number of aromatic nitrogens is 2. The molecule has 0 saturated carbocycles. The van der Waals surface area contributed by atoms with Gasteiger partial charge in [0.25, 0.3) is 0 Å². The van der Waals surface area contributed by atoms with Crippen LogP contribution < -0.4 is 0 Å². The molecule has 0 fully saturated rings. The van der Waals surface area contributed by atoms with Gasteiger partial charge < -0.3 is 9.72 Å². The van der Waals surface area contributed by atoms with Crippen molar-refractivity contribution in [1.29, 1.82) is 0 Å². The van der Waals surface area contributed by atoms with Crippen molar-refractivity contribution >= 4 is 5.97 Å². The number of carbonyl (C=O) groups is 1. The molecule has 2 aromatic rings. The molecule has 0 aliphatic carbocycles. The fourth-order valence-electron chi connectivity index (χ4n) is 2.02. The van der Waals surface area contributed by atoms with Crippen molar-refractivity contribution in [2.45, 2.75) is 33.6 Å². The monoisotopic (exact) mass is 272 g/mol. The van der Waals surface area contributed by atoms with Crippen molar-refractivity contribution in [2.24, 2.45) is 0 Å². The molecule has 1 aromatic carbocycles. The second-order valence-corrected chi connectivity index (χ2v) is 5.06. The van der Waals surface area contributed by atoms with Gasteiger partial charge in [-0.05, 0) is 25.3 Å². The average molecular weight is 272 g/mol. The second-order valence-electron chi connectivity index (χ2n) is 5.06. The quantitative estimate of drug-likeness (QED) is 0.864. The molecule has 4 heteroatoms. The van der Waals surface area contributed by atoms with Crippen LogP contribution in [0.1, 0.15) is 48.4 Å². The smallest absolute Gasteiger partial charge is 0.358 e. The number of ether oxygens (including phenoxy) is 1. The van der Waals surface area contributed by atoms with E-state index in [1.807, 2.05) is 19.1 Å². The number of carbonyl (C=O) groups excluding carboxylic acids is 1. The van der Waals surface area contributed by atoms with Gasteiger partial charge in [-0.25, -0.2) is 9.78 Å². The van der Waals surface area contributed by atoms with Crippen LogP contribution >= 0.6 is 0 Å². The van der Waals surface area contributed by atoms with Gasteiger partial charge >= 0.3 is 5.97 Å². The molecule has 2 rings (SSSR count). The highest BCUT2D eigenvalue weighted by atomic mass is 16.5. The molecule has 0 atom stereocenters. The average Bonchev–Trinajstić information content (AvgIpc) is 2.81. The van der Waals surface area contributed by atoms with Crippen LogP contribution in [0, 0.1) is 6.92 Å². The van der Waals surface area contributed by atoms with E-state index in [-0.39, 0.29) is 5.97 Å². The Morgan fingerprint density at radius 2 is 1.95 bits per heavy atom. The zero-order valence-electron chi connectivity index (χ0n) is 12.4. The van der Waals surface area contributed by atoms with E-state index >= 15 is 0 Å². The van der Waals surface area contributed by atoms with E-state index in [0.29, 0.717) is 24.0 Å². The Hall–Kier alpha value is -2.10. The van der Waals surface area contributed by atoms with Crippen LogP contribution in [0.3, 0.4) is 0 Å². The van der Waals surface area contributed by atoms with Crippen LogP contribution in [-0.2, 0) is 4.74 Å². The molecule has 20 heavy (non-hydrogen) atoms. The molecule has 0 amide bonds. The lowest BCUT2D eigenvalue weighted by molar-refractivity contribution is 0.0519. The molecule has 0 radical (unpaired) electrons. The summed E-state index contributed by atoms with van der Waals surface area (Å²) in [5, 5.41) is 0. The van der Waals surface area contributed by atoms with E-state index < -0.39 is 0 Å². The number of hydrogen-bond donors (Lipinski definition) is 1. The largest absolute Gasteiger partial charge is 0.461 e. The third-order valence-corrected chi connectivity index (χ3v) is 3.20. The molecule has 106 valence electrons. The van der Waals surface area contributed by atoms with Crippen LogP contribution in [0.2, 0.25) is 0 Å². The summed E-state index contributed by atoms with van der Waals surface area (Å²) < 4.78 is 4.99. The first-order chi connectivity index (χ1) is 9.52. The van der Waals surface area contributed by atoms with E-state index in [2.05, 4.69) is 35.9 Å². The van der Waals surface area contributed by atoms with Gasteiger partial charge in [-0.15, -0.1) is 0 Å². The Morgan fingerprint density at radius 3 is 2.50 bits per heavy atom. The molecule has 0 saturated heterocycles. The van der Waals surface area contributed by atoms with Crippen molar-refractivity contribution in [1.82, 2.24) is 9.97 Å². The van der Waals surface area contributed by atoms with Gasteiger partial charge in [0, 0.05) is 11.3 Å². The Morgan fingerprint density at radius 1 is 1.30 bits per heavy atom. The summed E-state index contributed by atoms with van der Waals surface area (Å²) in [4.78, 5) is 19.2. The standard InChI is InChI=1S/C16H20N2O2/c1-5-20-16(19)14-11(4)17-15(18-14)13-8-6-12(7-9-13)10(2)3/h6-10H,5H2,1-4H3,(H,17,18). The maximum absolute atomic E-state index is 11.7. The van der Waals surface area contributed by atoms with Gasteiger partial charge in [-0.1, -0.05) is 38.1 Å². The van der Waals surface area contributed by atoms with E-state index in [4.69, 9.17) is 4.74 Å². The first-order valence-corrected chi connectivity index (χ1v) is 6.87. The summed E-state index contributed by atoms with van der Waals surface area (Å²) in [5.74, 6) is 0.810. The minimum absolute atomic E-state index is 0.351. The van der Waals surface area contributed by atoms with Crippen molar-refractivity contribution < 1.29 is 9.53 Å². The number of nitrogens with zero attached hydrogens (tertiary/aromatic N) is 1. The van der Waals surface area contributed by atoms with E-state index in [1.54, 1.807) is 6.92 Å². The minimum Gasteiger partial charge on any atom is -0.461 e. The maximum Gasteiger partial charge on any atom is 0.358 e. The number of rotatable bonds is 4. The summed E-state index contributed by atoms with van der Waals surface area (Å²) in [7, 11) is 0. The molecule has 1 N–H and O–H groups in total. The molecule has 0 spiro atoms. The molecular formula is C16H20N2O2. The number of benzene rings is 1. The summed E-state index contributed by atoms with van der Waals surface area (Å²) in [5.41, 5.74) is 3.33. The van der Waals surface area contributed by atoms with Crippen molar-refractivity contribution in [3.8, 4) is 11.4 Å². The summed E-state index contributed by atoms with van der Waals surface area (Å²) >= 11 is 0. The van der Waals surface area contributed by atoms with Crippen LogP contribution in [0.25, 0.3) is 11.4 Å². The maximum atomic E-state index is 11.7. The summed E-state index contributed by atoms with van der Waals surface area (Å²) in [6.45, 7) is 8.27. The predicted octanol–water partition coefficient (Wildman–Crippen LogP) is 3.69. The normalized spacial score (nSPS) is 10.8. The van der Waals surface area contributed by atoms with E-state index in [0.717, 1.165) is 11.3 Å². The molecule has 0 unspecified atom stereocenters. The van der Waals surface area contributed by atoms with Crippen LogP contribution in [0.5, 0.6) is 0 Å². The number of esters is 1. The lowest BCUT2D eigenvalue weighted by Crippen LogP contribution is -2.06. The number of H-pyrrole nitrogens is 1. The van der Waals surface area contributed by atoms with Crippen LogP contribution in [0.4, 0.5) is 0 Å². The SMILES string of the molecule is CCOC(=O)c1nc(-c2ccc(C(C)C)cc2)[nH]c1C. The molecule has 4 nitrogen and oxygen atoms in total. The molecule has 0 aliphatic rings. The number of nitrogens with one attached hydrogen (secondary N) is 1. The minimum atomic E-state index is -0.383. The fourth-order valence-corrected chi connectivity index (χ4v) is 2.02. The fraction of sp³-hybridized carbons (Fsp3) is 0.375. The summed E-state index contributed by atoms with van der Waals surface area (Å²) in [6.07, 6.45) is 0. The Kier molecular flexibility index (Phi) is 4.23. The first-order valence-electron chi connectivity index (χ1n) is 6.87. The van der Waals surface area contributed by atoms with Crippen LogP contribution in [0.15, 0.2) is 24.3 Å². The molecule has 0 bridgehead atoms. The predicted molar refractivity (Wildman–Crippen MR) is 78.8 cm³/mol. The van der Waals surface area contributed by atoms with Crippen molar-refractivity contribution in [3.63, 3.8) is 0 Å². The number of hydrogen-bond acceptors (Lipinski definition) is 3. The third-order valence-electron chi connectivity index (χ3n) is 3.20. The zero-order chi connectivity index (χ0) is 14.7. The molecular weight excluding hydrogens is 252 g/mol. The number of imidazole rings is 1.